The van der Waals surface area contributed by atoms with Crippen LogP contribution in [-0.4, -0.2) is 52.3 Å². The number of alkyl halides is 1. The fourth-order valence-corrected chi connectivity index (χ4v) is 10.2. The van der Waals surface area contributed by atoms with Gasteiger partial charge in [0, 0.05) is 42.3 Å². The summed E-state index contributed by atoms with van der Waals surface area (Å²) in [5.41, 5.74) is -1.56. The maximum atomic E-state index is 12.6. The van der Waals surface area contributed by atoms with Crippen LogP contribution in [0.3, 0.4) is 0 Å². The molecule has 7 nitrogen and oxygen atoms in total. The van der Waals surface area contributed by atoms with Gasteiger partial charge in [-0.25, -0.2) is 0 Å². The van der Waals surface area contributed by atoms with Crippen molar-refractivity contribution in [2.45, 2.75) is 109 Å². The Bertz CT molecular complexity index is 862. The number of carbonyl (C=O) groups excluding carboxylic acids is 3. The van der Waals surface area contributed by atoms with Crippen LogP contribution in [0, 0.1) is 34.5 Å². The molecule has 1 N–H and O–H groups in total. The van der Waals surface area contributed by atoms with E-state index in [0.29, 0.717) is 6.61 Å². The van der Waals surface area contributed by atoms with E-state index in [4.69, 9.17) is 14.2 Å². The van der Waals surface area contributed by atoms with Crippen molar-refractivity contribution in [3.8, 4) is 0 Å². The summed E-state index contributed by atoms with van der Waals surface area (Å²) in [6.07, 6.45) is 6.28. The van der Waals surface area contributed by atoms with Crippen LogP contribution in [0.15, 0.2) is 0 Å². The molecular formula is C27H41BrO7. The molecule has 0 heterocycles. The number of carbonyl (C=O) groups is 3. The van der Waals surface area contributed by atoms with Crippen molar-refractivity contribution in [2.75, 3.05) is 6.61 Å². The van der Waals surface area contributed by atoms with Crippen LogP contribution in [0.4, 0.5) is 0 Å². The first kappa shape index (κ1) is 26.9. The molecule has 4 rings (SSSR count). The van der Waals surface area contributed by atoms with Gasteiger partial charge in [-0.3, -0.25) is 14.4 Å². The predicted octanol–water partition coefficient (Wildman–Crippen LogP) is 4.56. The Balaban J connectivity index is 1.66. The van der Waals surface area contributed by atoms with Gasteiger partial charge in [-0.2, -0.15) is 0 Å². The number of hydrogen-bond donors (Lipinski definition) is 1. The topological polar surface area (TPSA) is 99.1 Å². The zero-order chi connectivity index (χ0) is 25.8. The lowest BCUT2D eigenvalue weighted by molar-refractivity contribution is -0.228. The Morgan fingerprint density at radius 1 is 0.971 bits per heavy atom. The second-order valence-electron chi connectivity index (χ2n) is 11.9. The van der Waals surface area contributed by atoms with Crippen molar-refractivity contribution >= 4 is 33.8 Å². The second kappa shape index (κ2) is 9.62. The van der Waals surface area contributed by atoms with Gasteiger partial charge < -0.3 is 19.3 Å². The van der Waals surface area contributed by atoms with Crippen LogP contribution in [0.25, 0.3) is 0 Å². The van der Waals surface area contributed by atoms with Crippen LogP contribution in [0.1, 0.15) is 86.0 Å². The van der Waals surface area contributed by atoms with Crippen LogP contribution < -0.4 is 0 Å². The Kier molecular flexibility index (Phi) is 7.40. The highest BCUT2D eigenvalue weighted by Crippen LogP contribution is 2.70. The van der Waals surface area contributed by atoms with E-state index < -0.39 is 5.60 Å². The molecule has 0 aromatic carbocycles. The van der Waals surface area contributed by atoms with Crippen molar-refractivity contribution in [1.29, 1.82) is 0 Å². The minimum Gasteiger partial charge on any atom is -0.465 e. The number of hydrogen-bond acceptors (Lipinski definition) is 7. The van der Waals surface area contributed by atoms with E-state index in [1.165, 1.54) is 20.8 Å². The molecule has 10 atom stereocenters. The first-order valence-corrected chi connectivity index (χ1v) is 14.1. The van der Waals surface area contributed by atoms with Crippen molar-refractivity contribution in [3.63, 3.8) is 0 Å². The molecule has 0 amide bonds. The molecule has 4 aliphatic carbocycles. The lowest BCUT2D eigenvalue weighted by Gasteiger charge is -2.64. The highest BCUT2D eigenvalue weighted by Gasteiger charge is 2.71. The fourth-order valence-electron chi connectivity index (χ4n) is 8.94. The maximum Gasteiger partial charge on any atom is 0.302 e. The predicted molar refractivity (Wildman–Crippen MR) is 133 cm³/mol. The van der Waals surface area contributed by atoms with Crippen molar-refractivity contribution in [3.05, 3.63) is 0 Å². The average Bonchev–Trinajstić information content (AvgIpc) is 2.98. The molecule has 0 saturated heterocycles. The number of halogens is 1. The number of rotatable bonds is 5. The standard InChI is InChI=1S/C27H41BrO7/c1-15(34-17(3)30)23-13-24(28)27(32)22-7-6-19-12-20(35-18(4)31)8-11-26(19,14-33-16(2)29)21(22)9-10-25(23,27)5/h15,19-24,32H,6-14H2,1-5H3/t15?,19-,20-,21-,22+,23+,24-,25+,26+,27+/m0/s1. The first-order chi connectivity index (χ1) is 16.3. The largest absolute Gasteiger partial charge is 0.465 e. The molecule has 4 fully saturated rings. The molecule has 35 heavy (non-hydrogen) atoms. The molecule has 0 aromatic heterocycles. The normalized spacial score (nSPS) is 45.3. The Labute approximate surface area is 217 Å². The summed E-state index contributed by atoms with van der Waals surface area (Å²) in [6.45, 7) is 8.83. The zero-order valence-electron chi connectivity index (χ0n) is 21.7. The van der Waals surface area contributed by atoms with Gasteiger partial charge in [0.05, 0.1) is 12.2 Å². The van der Waals surface area contributed by atoms with Crippen molar-refractivity contribution in [2.24, 2.45) is 34.5 Å². The molecule has 0 spiro atoms. The number of fused-ring (bicyclic) bond motifs is 5. The third-order valence-corrected chi connectivity index (χ3v) is 11.4. The average molecular weight is 558 g/mol. The monoisotopic (exact) mass is 556 g/mol. The summed E-state index contributed by atoms with van der Waals surface area (Å²) in [5, 5.41) is 12.6. The summed E-state index contributed by atoms with van der Waals surface area (Å²) in [5.74, 6) is -0.224. The van der Waals surface area contributed by atoms with Crippen molar-refractivity contribution < 1.29 is 33.7 Å². The molecule has 4 aliphatic rings. The maximum absolute atomic E-state index is 12.6. The smallest absolute Gasteiger partial charge is 0.302 e. The second-order valence-corrected chi connectivity index (χ2v) is 13.0. The zero-order valence-corrected chi connectivity index (χ0v) is 23.3. The first-order valence-electron chi connectivity index (χ1n) is 13.2. The van der Waals surface area contributed by atoms with Crippen LogP contribution in [0.2, 0.25) is 0 Å². The molecular weight excluding hydrogens is 516 g/mol. The highest BCUT2D eigenvalue weighted by atomic mass is 79.9. The minimum absolute atomic E-state index is 0.0530. The fraction of sp³-hybridized carbons (Fsp3) is 0.889. The lowest BCUT2D eigenvalue weighted by atomic mass is 9.43. The van der Waals surface area contributed by atoms with Gasteiger partial charge in [-0.05, 0) is 76.0 Å². The molecule has 0 radical (unpaired) electrons. The summed E-state index contributed by atoms with van der Waals surface area (Å²) >= 11 is 3.88. The third kappa shape index (κ3) is 4.34. The van der Waals surface area contributed by atoms with Gasteiger partial charge in [-0.1, -0.05) is 22.9 Å². The number of aliphatic hydroxyl groups is 1. The SMILES string of the molecule is CC(=O)OC[C@]12CC[C@H](OC(C)=O)C[C@@H]1CC[C@@H]1[C@@H]2CC[C@]2(C)[C@@H](C(C)OC(C)=O)C[C@H](Br)[C@]12O. The Morgan fingerprint density at radius 2 is 1.69 bits per heavy atom. The van der Waals surface area contributed by atoms with Gasteiger partial charge in [0.1, 0.15) is 12.2 Å². The van der Waals surface area contributed by atoms with E-state index in [0.717, 1.165) is 51.4 Å². The van der Waals surface area contributed by atoms with Crippen LogP contribution in [-0.2, 0) is 28.6 Å². The Morgan fingerprint density at radius 3 is 2.31 bits per heavy atom. The molecule has 0 bridgehead atoms. The summed E-state index contributed by atoms with van der Waals surface area (Å²) in [6, 6.07) is 0. The molecule has 4 saturated carbocycles. The van der Waals surface area contributed by atoms with E-state index in [9.17, 15) is 19.5 Å². The van der Waals surface area contributed by atoms with Crippen LogP contribution in [0.5, 0.6) is 0 Å². The third-order valence-electron chi connectivity index (χ3n) is 10.3. The van der Waals surface area contributed by atoms with Gasteiger partial charge >= 0.3 is 17.9 Å². The number of esters is 3. The summed E-state index contributed by atoms with van der Waals surface area (Å²) in [4.78, 5) is 35.1. The van der Waals surface area contributed by atoms with E-state index in [1.807, 2.05) is 6.92 Å². The molecule has 0 aromatic rings. The van der Waals surface area contributed by atoms with Gasteiger partial charge in [0.25, 0.3) is 0 Å². The van der Waals surface area contributed by atoms with Crippen LogP contribution >= 0.6 is 15.9 Å². The molecule has 1 unspecified atom stereocenters. The van der Waals surface area contributed by atoms with E-state index in [2.05, 4.69) is 22.9 Å². The van der Waals surface area contributed by atoms with E-state index in [-0.39, 0.29) is 69.4 Å². The molecule has 198 valence electrons. The van der Waals surface area contributed by atoms with Crippen molar-refractivity contribution in [1.82, 2.24) is 0 Å². The minimum atomic E-state index is -0.948. The van der Waals surface area contributed by atoms with E-state index in [1.54, 1.807) is 0 Å². The van der Waals surface area contributed by atoms with E-state index >= 15 is 0 Å². The van der Waals surface area contributed by atoms with Gasteiger partial charge in [-0.15, -0.1) is 0 Å². The molecule has 8 heteroatoms. The summed E-state index contributed by atoms with van der Waals surface area (Å²) < 4.78 is 16.9. The van der Waals surface area contributed by atoms with Gasteiger partial charge in [0.15, 0.2) is 0 Å². The number of ether oxygens (including phenoxy) is 3. The molecule has 0 aliphatic heterocycles. The Hall–Kier alpha value is -1.15. The van der Waals surface area contributed by atoms with Gasteiger partial charge in [0.2, 0.25) is 0 Å². The lowest BCUT2D eigenvalue weighted by Crippen LogP contribution is -2.66. The quantitative estimate of drug-likeness (QED) is 0.301. The highest BCUT2D eigenvalue weighted by molar-refractivity contribution is 9.09. The summed E-state index contributed by atoms with van der Waals surface area (Å²) in [7, 11) is 0.